The van der Waals surface area contributed by atoms with E-state index in [-0.39, 0.29) is 70.6 Å². The molecule has 1 aromatic rings. The second-order valence-corrected chi connectivity index (χ2v) is 13.6. The molecule has 320 valence electrons. The number of amides is 10. The predicted octanol–water partition coefficient (Wildman–Crippen LogP) is -0.623. The summed E-state index contributed by atoms with van der Waals surface area (Å²) in [5, 5.41) is 16.1. The molecule has 0 radical (unpaired) electrons. The highest BCUT2D eigenvalue weighted by molar-refractivity contribution is 6.13. The van der Waals surface area contributed by atoms with E-state index in [1.54, 1.807) is 52.2 Å². The summed E-state index contributed by atoms with van der Waals surface area (Å²) in [5.41, 5.74) is 6.23. The third-order valence-corrected chi connectivity index (χ3v) is 8.63. The number of nitrogens with two attached hydrogens (primary N) is 1. The number of anilines is 1. The van der Waals surface area contributed by atoms with Crippen molar-refractivity contribution in [1.82, 2.24) is 41.3 Å². The first-order valence-corrected chi connectivity index (χ1v) is 18.8. The summed E-state index contributed by atoms with van der Waals surface area (Å²) in [6.45, 7) is 5.90. The van der Waals surface area contributed by atoms with Gasteiger partial charge in [0, 0.05) is 84.5 Å². The lowest BCUT2D eigenvalue weighted by Crippen LogP contribution is -2.54. The molecular weight excluding hydrogens is 760 g/mol. The molecule has 0 bridgehead atoms. The third-order valence-electron chi connectivity index (χ3n) is 8.63. The average molecular weight is 817 g/mol. The van der Waals surface area contributed by atoms with E-state index in [2.05, 4.69) is 31.9 Å². The highest BCUT2D eigenvalue weighted by Gasteiger charge is 2.28. The van der Waals surface area contributed by atoms with Gasteiger partial charge in [-0.1, -0.05) is 26.0 Å². The van der Waals surface area contributed by atoms with Gasteiger partial charge in [-0.25, -0.2) is 14.4 Å². The standard InChI is InChI=1S/C37H56N10O11/c1-24(2)32(40-16-17-42-36(55)57-22-18-39-29(49)14-19-47-30(50)12-13-31(47)51)34(53)44-28(7-6-15-41-35(38)54)33(52)43-27-10-8-26(9-11-27)23-58-37(56)46(5)21-20-45(4)25(3)48/h8-13,24,28,32,40H,6-7,14-23H2,1-5H3,(H,39,49)(H,42,55)(H,43,52)(H,44,53)(H3,38,41,54)/t28-,32-/m0/s1. The number of nitrogens with zero attached hydrogens (tertiary/aromatic N) is 3. The number of ether oxygens (including phenoxy) is 2. The second kappa shape index (κ2) is 25.1. The van der Waals surface area contributed by atoms with Crippen LogP contribution in [-0.2, 0) is 44.8 Å². The maximum absolute atomic E-state index is 13.4. The molecule has 0 saturated heterocycles. The fourth-order valence-electron chi connectivity index (χ4n) is 5.13. The third kappa shape index (κ3) is 18.1. The lowest BCUT2D eigenvalue weighted by Gasteiger charge is -2.25. The van der Waals surface area contributed by atoms with Crippen LogP contribution in [0.3, 0.4) is 0 Å². The minimum atomic E-state index is -1.00. The van der Waals surface area contributed by atoms with Crippen molar-refractivity contribution in [1.29, 1.82) is 0 Å². The zero-order chi connectivity index (χ0) is 43.2. The van der Waals surface area contributed by atoms with Crippen LogP contribution >= 0.6 is 0 Å². The first-order valence-electron chi connectivity index (χ1n) is 18.8. The first-order chi connectivity index (χ1) is 27.5. The van der Waals surface area contributed by atoms with Gasteiger partial charge in [0.1, 0.15) is 19.3 Å². The maximum Gasteiger partial charge on any atom is 0.409 e. The van der Waals surface area contributed by atoms with Crippen molar-refractivity contribution in [3.8, 4) is 0 Å². The van der Waals surface area contributed by atoms with Gasteiger partial charge in [0.2, 0.25) is 23.6 Å². The van der Waals surface area contributed by atoms with Crippen molar-refractivity contribution in [3.05, 3.63) is 42.0 Å². The van der Waals surface area contributed by atoms with Crippen molar-refractivity contribution in [3.63, 3.8) is 0 Å². The van der Waals surface area contributed by atoms with Crippen LogP contribution in [0.15, 0.2) is 36.4 Å². The minimum absolute atomic E-state index is 0.0118. The summed E-state index contributed by atoms with van der Waals surface area (Å²) in [7, 11) is 3.20. The Morgan fingerprint density at radius 3 is 2.09 bits per heavy atom. The molecule has 1 heterocycles. The number of primary amides is 1. The van der Waals surface area contributed by atoms with E-state index in [1.807, 2.05) is 0 Å². The van der Waals surface area contributed by atoms with E-state index in [4.69, 9.17) is 15.2 Å². The number of nitrogens with one attached hydrogen (secondary N) is 6. The largest absolute Gasteiger partial charge is 0.448 e. The zero-order valence-corrected chi connectivity index (χ0v) is 33.6. The second-order valence-electron chi connectivity index (χ2n) is 13.6. The molecule has 21 nitrogen and oxygen atoms in total. The quantitative estimate of drug-likeness (QED) is 0.0508. The van der Waals surface area contributed by atoms with Crippen LogP contribution in [-0.4, -0.2) is 147 Å². The number of rotatable bonds is 24. The summed E-state index contributed by atoms with van der Waals surface area (Å²) in [4.78, 5) is 113. The summed E-state index contributed by atoms with van der Waals surface area (Å²) in [5.74, 6) is -2.72. The van der Waals surface area contributed by atoms with Crippen LogP contribution < -0.4 is 37.6 Å². The lowest BCUT2D eigenvalue weighted by atomic mass is 10.0. The van der Waals surface area contributed by atoms with Gasteiger partial charge in [-0.3, -0.25) is 33.7 Å². The van der Waals surface area contributed by atoms with Gasteiger partial charge in [0.25, 0.3) is 11.8 Å². The Labute approximate surface area is 337 Å². The van der Waals surface area contributed by atoms with Crippen LogP contribution in [0.2, 0.25) is 0 Å². The van der Waals surface area contributed by atoms with Gasteiger partial charge in [-0.2, -0.15) is 0 Å². The van der Waals surface area contributed by atoms with Crippen LogP contribution in [0.25, 0.3) is 0 Å². The molecule has 1 aliphatic heterocycles. The molecule has 1 aromatic carbocycles. The predicted molar refractivity (Wildman–Crippen MR) is 209 cm³/mol. The average Bonchev–Trinajstić information content (AvgIpc) is 3.50. The molecule has 0 unspecified atom stereocenters. The molecule has 10 amide bonds. The van der Waals surface area contributed by atoms with E-state index >= 15 is 0 Å². The zero-order valence-electron chi connectivity index (χ0n) is 33.6. The van der Waals surface area contributed by atoms with E-state index in [9.17, 15) is 43.2 Å². The van der Waals surface area contributed by atoms with Crippen molar-refractivity contribution in [2.75, 3.05) is 71.8 Å². The van der Waals surface area contributed by atoms with Gasteiger partial charge in [-0.05, 0) is 36.5 Å². The number of benzene rings is 1. The number of carbonyl (C=O) groups excluding carboxylic acids is 9. The maximum atomic E-state index is 13.4. The Kier molecular flexibility index (Phi) is 20.7. The molecule has 58 heavy (non-hydrogen) atoms. The van der Waals surface area contributed by atoms with E-state index in [0.717, 1.165) is 17.1 Å². The Bertz CT molecular complexity index is 1620. The van der Waals surface area contributed by atoms with E-state index in [0.29, 0.717) is 30.8 Å². The highest BCUT2D eigenvalue weighted by Crippen LogP contribution is 2.13. The summed E-state index contributed by atoms with van der Waals surface area (Å²) >= 11 is 0. The molecule has 1 aliphatic rings. The monoisotopic (exact) mass is 816 g/mol. The number of hydrogen-bond acceptors (Lipinski definition) is 12. The molecule has 2 rings (SSSR count). The highest BCUT2D eigenvalue weighted by atomic mass is 16.6. The Morgan fingerprint density at radius 2 is 1.47 bits per heavy atom. The van der Waals surface area contributed by atoms with Crippen LogP contribution in [0, 0.1) is 5.92 Å². The van der Waals surface area contributed by atoms with Gasteiger partial charge in [0.15, 0.2) is 0 Å². The number of urea groups is 1. The number of imide groups is 1. The molecule has 0 saturated carbocycles. The van der Waals surface area contributed by atoms with E-state index < -0.39 is 59.8 Å². The summed E-state index contributed by atoms with van der Waals surface area (Å²) in [6, 6.07) is 4.09. The summed E-state index contributed by atoms with van der Waals surface area (Å²) < 4.78 is 10.4. The number of hydrogen-bond donors (Lipinski definition) is 7. The van der Waals surface area contributed by atoms with Gasteiger partial charge in [0.05, 0.1) is 12.6 Å². The molecule has 0 aliphatic carbocycles. The minimum Gasteiger partial charge on any atom is -0.448 e. The molecule has 8 N–H and O–H groups in total. The fourth-order valence-corrected chi connectivity index (χ4v) is 5.13. The smallest absolute Gasteiger partial charge is 0.409 e. The van der Waals surface area contributed by atoms with Crippen molar-refractivity contribution in [2.24, 2.45) is 11.7 Å². The Hall–Kier alpha value is -6.25. The van der Waals surface area contributed by atoms with Gasteiger partial charge < -0.3 is 56.9 Å². The van der Waals surface area contributed by atoms with Crippen LogP contribution in [0.1, 0.15) is 45.6 Å². The van der Waals surface area contributed by atoms with Crippen molar-refractivity contribution < 1.29 is 52.6 Å². The van der Waals surface area contributed by atoms with Crippen LogP contribution in [0.4, 0.5) is 20.1 Å². The first kappa shape index (κ1) is 47.9. The molecule has 0 spiro atoms. The number of alkyl carbamates (subject to hydrolysis) is 1. The number of likely N-dealkylation sites (N-methyl/N-ethyl adjacent to an activating group) is 2. The molecule has 0 fully saturated rings. The van der Waals surface area contributed by atoms with Gasteiger partial charge >= 0.3 is 18.2 Å². The topological polar surface area (TPSA) is 280 Å². The molecule has 0 aromatic heterocycles. The number of carbonyl (C=O) groups is 9. The molecule has 21 heteroatoms. The van der Waals surface area contributed by atoms with Crippen LogP contribution in [0.5, 0.6) is 0 Å². The van der Waals surface area contributed by atoms with Crippen molar-refractivity contribution >= 4 is 59.3 Å². The lowest BCUT2D eigenvalue weighted by molar-refractivity contribution is -0.137. The Morgan fingerprint density at radius 1 is 0.810 bits per heavy atom. The van der Waals surface area contributed by atoms with E-state index in [1.165, 1.54) is 16.7 Å². The summed E-state index contributed by atoms with van der Waals surface area (Å²) in [6.07, 6.45) is 1.32. The normalized spacial score (nSPS) is 13.0. The van der Waals surface area contributed by atoms with Crippen molar-refractivity contribution in [2.45, 2.75) is 58.7 Å². The molecular formula is C37H56N10O11. The van der Waals surface area contributed by atoms with Gasteiger partial charge in [-0.15, -0.1) is 0 Å². The SMILES string of the molecule is CC(=O)N(C)CCN(C)C(=O)OCc1ccc(NC(=O)[C@H](CCCNC(N)=O)NC(=O)[C@@H](NCCNC(=O)OCCNC(=O)CCN2C(=O)C=CC2=O)C(C)C)cc1. The molecule has 2 atom stereocenters. The fraction of sp³-hybridized carbons (Fsp3) is 0.541. The Balaban J connectivity index is 1.83.